The van der Waals surface area contributed by atoms with Gasteiger partial charge in [-0.25, -0.2) is 4.79 Å². The smallest absolute Gasteiger partial charge is 0.331 e. The van der Waals surface area contributed by atoms with E-state index >= 15 is 0 Å². The van der Waals surface area contributed by atoms with Crippen molar-refractivity contribution in [1.82, 2.24) is 14.5 Å². The van der Waals surface area contributed by atoms with Crippen molar-refractivity contribution in [2.45, 2.75) is 52.6 Å². The van der Waals surface area contributed by atoms with Crippen LogP contribution in [0.3, 0.4) is 0 Å². The summed E-state index contributed by atoms with van der Waals surface area (Å²) >= 11 is 0. The van der Waals surface area contributed by atoms with Gasteiger partial charge in [0, 0.05) is 30.6 Å². The fourth-order valence-corrected chi connectivity index (χ4v) is 4.03. The molecule has 0 fully saturated rings. The van der Waals surface area contributed by atoms with Gasteiger partial charge in [-0.15, -0.1) is 0 Å². The van der Waals surface area contributed by atoms with Crippen molar-refractivity contribution < 1.29 is 14.3 Å². The molecule has 0 bridgehead atoms. The second kappa shape index (κ2) is 12.1. The van der Waals surface area contributed by atoms with Crippen LogP contribution in [0.5, 0.6) is 5.75 Å². The number of nitrogens with one attached hydrogen (secondary N) is 1. The molecule has 0 saturated heterocycles. The Kier molecular flexibility index (Phi) is 9.00. The summed E-state index contributed by atoms with van der Waals surface area (Å²) in [5.74, 6) is 1.06. The quantitative estimate of drug-likeness (QED) is 0.317. The Morgan fingerprint density at radius 3 is 2.57 bits per heavy atom. The maximum Gasteiger partial charge on any atom is 0.331 e. The van der Waals surface area contributed by atoms with Crippen molar-refractivity contribution >= 4 is 23.1 Å². The van der Waals surface area contributed by atoms with Crippen LogP contribution >= 0.6 is 0 Å². The lowest BCUT2D eigenvalue weighted by molar-refractivity contribution is -0.121. The van der Waals surface area contributed by atoms with Crippen LogP contribution in [0.4, 0.5) is 0 Å². The molecule has 3 aromatic rings. The minimum Gasteiger partial charge on any atom is -0.496 e. The number of benzene rings is 2. The molecule has 0 spiro atoms. The highest BCUT2D eigenvalue weighted by Gasteiger charge is 2.15. The summed E-state index contributed by atoms with van der Waals surface area (Å²) in [6, 6.07) is 12.0. The molecule has 0 radical (unpaired) electrons. The van der Waals surface area contributed by atoms with Crippen molar-refractivity contribution in [2.24, 2.45) is 5.92 Å². The molecule has 2 aromatic carbocycles. The van der Waals surface area contributed by atoms with E-state index in [1.807, 2.05) is 0 Å². The summed E-state index contributed by atoms with van der Waals surface area (Å²) in [4.78, 5) is 49.9. The fraction of sp³-hybridized carbons (Fsp3) is 0.407. The van der Waals surface area contributed by atoms with Gasteiger partial charge in [0.15, 0.2) is 0 Å². The topological polar surface area (TPSA) is 99.4 Å². The number of nitrogens with zero attached hydrogens (tertiary/aromatic N) is 2. The number of methoxy groups -OCH3 is 1. The number of hydrogen-bond acceptors (Lipinski definition) is 5. The lowest BCUT2D eigenvalue weighted by Crippen LogP contribution is -2.40. The van der Waals surface area contributed by atoms with Gasteiger partial charge >= 0.3 is 5.69 Å². The number of para-hydroxylation sites is 1. The van der Waals surface area contributed by atoms with Gasteiger partial charge in [-0.05, 0) is 55.5 Å². The number of hydrogen-bond donors (Lipinski definition) is 1. The number of carbonyl (C=O) groups is 2. The Hall–Kier alpha value is -3.68. The normalized spacial score (nSPS) is 11.1. The van der Waals surface area contributed by atoms with Gasteiger partial charge < -0.3 is 10.1 Å². The van der Waals surface area contributed by atoms with E-state index in [4.69, 9.17) is 4.74 Å². The predicted octanol–water partition coefficient (Wildman–Crippen LogP) is 3.37. The monoisotopic (exact) mass is 479 g/mol. The SMILES string of the molecule is COc1ccc(C=O)cc1Cn1c(=O)n(CCCCC(=O)NCCC(C)C)c(=O)c2ccccc21. The molecule has 0 saturated carbocycles. The second-order valence-electron chi connectivity index (χ2n) is 9.02. The maximum atomic E-state index is 13.4. The molecule has 186 valence electrons. The van der Waals surface area contributed by atoms with Gasteiger partial charge in [0.2, 0.25) is 5.91 Å². The van der Waals surface area contributed by atoms with Crippen molar-refractivity contribution in [3.63, 3.8) is 0 Å². The Balaban J connectivity index is 1.84. The average Bonchev–Trinajstić information content (AvgIpc) is 2.85. The Labute approximate surface area is 204 Å². The lowest BCUT2D eigenvalue weighted by atomic mass is 10.1. The summed E-state index contributed by atoms with van der Waals surface area (Å²) in [6.45, 7) is 5.22. The van der Waals surface area contributed by atoms with E-state index in [0.717, 1.165) is 12.7 Å². The van der Waals surface area contributed by atoms with E-state index in [2.05, 4.69) is 19.2 Å². The Morgan fingerprint density at radius 1 is 1.09 bits per heavy atom. The van der Waals surface area contributed by atoms with E-state index in [0.29, 0.717) is 59.5 Å². The molecule has 1 aromatic heterocycles. The minimum absolute atomic E-state index is 0.0175. The van der Waals surface area contributed by atoms with Gasteiger partial charge in [-0.1, -0.05) is 26.0 Å². The summed E-state index contributed by atoms with van der Waals surface area (Å²) < 4.78 is 8.19. The first-order valence-corrected chi connectivity index (χ1v) is 12.0. The van der Waals surface area contributed by atoms with Gasteiger partial charge in [0.25, 0.3) is 5.56 Å². The molecule has 8 heteroatoms. The average molecular weight is 480 g/mol. The highest BCUT2D eigenvalue weighted by atomic mass is 16.5. The summed E-state index contributed by atoms with van der Waals surface area (Å²) in [7, 11) is 1.53. The van der Waals surface area contributed by atoms with Crippen LogP contribution in [-0.2, 0) is 17.9 Å². The van der Waals surface area contributed by atoms with Crippen molar-refractivity contribution in [3.05, 3.63) is 74.4 Å². The molecule has 1 N–H and O–H groups in total. The lowest BCUT2D eigenvalue weighted by Gasteiger charge is -2.16. The van der Waals surface area contributed by atoms with E-state index in [9.17, 15) is 19.2 Å². The predicted molar refractivity (Wildman–Crippen MR) is 136 cm³/mol. The molecule has 0 unspecified atom stereocenters. The van der Waals surface area contributed by atoms with Crippen LogP contribution < -0.4 is 21.3 Å². The van der Waals surface area contributed by atoms with Crippen LogP contribution in [0.1, 0.15) is 55.5 Å². The minimum atomic E-state index is -0.436. The van der Waals surface area contributed by atoms with Crippen LogP contribution in [0.15, 0.2) is 52.1 Å². The molecule has 1 heterocycles. The van der Waals surface area contributed by atoms with Crippen molar-refractivity contribution in [1.29, 1.82) is 0 Å². The van der Waals surface area contributed by atoms with Gasteiger partial charge in [-0.2, -0.15) is 0 Å². The number of amides is 1. The van der Waals surface area contributed by atoms with Crippen LogP contribution in [0.25, 0.3) is 10.9 Å². The number of aldehydes is 1. The zero-order valence-electron chi connectivity index (χ0n) is 20.6. The first-order chi connectivity index (χ1) is 16.8. The molecule has 3 rings (SSSR count). The van der Waals surface area contributed by atoms with E-state index in [-0.39, 0.29) is 24.6 Å². The third kappa shape index (κ3) is 6.47. The molecule has 35 heavy (non-hydrogen) atoms. The zero-order valence-corrected chi connectivity index (χ0v) is 20.6. The molecular formula is C27H33N3O5. The fourth-order valence-electron chi connectivity index (χ4n) is 4.03. The van der Waals surface area contributed by atoms with Crippen molar-refractivity contribution in [2.75, 3.05) is 13.7 Å². The first-order valence-electron chi connectivity index (χ1n) is 12.0. The van der Waals surface area contributed by atoms with Crippen LogP contribution in [0, 0.1) is 5.92 Å². The molecule has 0 atom stereocenters. The highest BCUT2D eigenvalue weighted by molar-refractivity contribution is 5.78. The zero-order chi connectivity index (χ0) is 25.4. The highest BCUT2D eigenvalue weighted by Crippen LogP contribution is 2.21. The number of ether oxygens (including phenoxy) is 1. The number of unbranched alkanes of at least 4 members (excludes halogenated alkanes) is 1. The number of aromatic nitrogens is 2. The molecular weight excluding hydrogens is 446 g/mol. The van der Waals surface area contributed by atoms with Crippen LogP contribution in [0.2, 0.25) is 0 Å². The van der Waals surface area contributed by atoms with E-state index in [1.54, 1.807) is 42.5 Å². The number of fused-ring (bicyclic) bond motifs is 1. The van der Waals surface area contributed by atoms with Crippen molar-refractivity contribution in [3.8, 4) is 5.75 Å². The molecule has 0 aliphatic heterocycles. The summed E-state index contributed by atoms with van der Waals surface area (Å²) in [5, 5.41) is 3.34. The standard InChI is InChI=1S/C27H33N3O5/c1-19(2)13-14-28-25(32)10-6-7-15-29-26(33)22-8-4-5-9-23(22)30(27(29)34)17-21-16-20(18-31)11-12-24(21)35-3/h4-5,8-9,11-12,16,18-19H,6-7,10,13-15,17H2,1-3H3,(H,28,32). The Morgan fingerprint density at radius 2 is 1.86 bits per heavy atom. The van der Waals surface area contributed by atoms with E-state index in [1.165, 1.54) is 16.2 Å². The third-order valence-corrected chi connectivity index (χ3v) is 5.98. The number of carbonyl (C=O) groups excluding carboxylic acids is 2. The maximum absolute atomic E-state index is 13.4. The van der Waals surface area contributed by atoms with Crippen LogP contribution in [-0.4, -0.2) is 35.0 Å². The summed E-state index contributed by atoms with van der Waals surface area (Å²) in [5.41, 5.74) is 0.859. The summed E-state index contributed by atoms with van der Waals surface area (Å²) in [6.07, 6.45) is 3.11. The molecule has 8 nitrogen and oxygen atoms in total. The van der Waals surface area contributed by atoms with Gasteiger partial charge in [0.1, 0.15) is 12.0 Å². The first kappa shape index (κ1) is 25.9. The number of rotatable bonds is 12. The molecule has 0 aliphatic carbocycles. The van der Waals surface area contributed by atoms with Gasteiger partial charge in [-0.3, -0.25) is 23.5 Å². The van der Waals surface area contributed by atoms with Gasteiger partial charge in [0.05, 0.1) is 24.6 Å². The molecule has 1 amide bonds. The molecule has 0 aliphatic rings. The second-order valence-corrected chi connectivity index (χ2v) is 9.02. The Bertz CT molecular complexity index is 1310. The van der Waals surface area contributed by atoms with E-state index < -0.39 is 5.69 Å². The largest absolute Gasteiger partial charge is 0.496 e. The third-order valence-electron chi connectivity index (χ3n) is 5.98.